The highest BCUT2D eigenvalue weighted by Crippen LogP contribution is 2.46. The Morgan fingerprint density at radius 3 is 2.77 bits per heavy atom. The van der Waals surface area contributed by atoms with E-state index in [1.807, 2.05) is 4.90 Å². The molecule has 164 valence electrons. The Labute approximate surface area is 182 Å². The van der Waals surface area contributed by atoms with E-state index in [1.165, 1.54) is 30.3 Å². The van der Waals surface area contributed by atoms with Gasteiger partial charge in [-0.05, 0) is 24.3 Å². The van der Waals surface area contributed by atoms with Crippen molar-refractivity contribution < 1.29 is 27.8 Å². The Balaban J connectivity index is 1.78. The van der Waals surface area contributed by atoms with Crippen LogP contribution in [0.1, 0.15) is 17.6 Å². The van der Waals surface area contributed by atoms with E-state index in [0.717, 1.165) is 0 Å². The lowest BCUT2D eigenvalue weighted by atomic mass is 9.95. The summed E-state index contributed by atoms with van der Waals surface area (Å²) in [6.07, 6.45) is -1.76. The van der Waals surface area contributed by atoms with Crippen LogP contribution in [-0.4, -0.2) is 53.1 Å². The maximum atomic E-state index is 15.6. The Morgan fingerprint density at radius 2 is 2.10 bits per heavy atom. The Hall–Kier alpha value is -2.71. The van der Waals surface area contributed by atoms with Crippen LogP contribution in [0.5, 0.6) is 11.5 Å². The van der Waals surface area contributed by atoms with Gasteiger partial charge in [-0.25, -0.2) is 13.2 Å². The van der Waals surface area contributed by atoms with Gasteiger partial charge in [0.15, 0.2) is 11.6 Å². The normalized spacial score (nSPS) is 18.7. The van der Waals surface area contributed by atoms with Gasteiger partial charge >= 0.3 is 0 Å². The first-order valence-corrected chi connectivity index (χ1v) is 10.1. The number of halogens is 4. The fourth-order valence-corrected chi connectivity index (χ4v) is 4.42. The Kier molecular flexibility index (Phi) is 5.85. The van der Waals surface area contributed by atoms with Crippen molar-refractivity contribution >= 4 is 17.5 Å². The number of alkyl halides is 2. The number of rotatable bonds is 3. The molecule has 5 nitrogen and oxygen atoms in total. The molecule has 0 bridgehead atoms. The van der Waals surface area contributed by atoms with Crippen molar-refractivity contribution in [3.63, 3.8) is 0 Å². The third-order valence-corrected chi connectivity index (χ3v) is 6.01. The van der Waals surface area contributed by atoms with Gasteiger partial charge in [-0.3, -0.25) is 9.69 Å². The number of amides is 1. The second-order valence-electron chi connectivity index (χ2n) is 7.50. The summed E-state index contributed by atoms with van der Waals surface area (Å²) in [5.41, 5.74) is -0.954. The largest absolute Gasteiger partial charge is 0.507 e. The van der Waals surface area contributed by atoms with E-state index in [4.69, 9.17) is 16.3 Å². The van der Waals surface area contributed by atoms with Crippen LogP contribution in [0.2, 0.25) is 5.02 Å². The van der Waals surface area contributed by atoms with Gasteiger partial charge < -0.3 is 14.7 Å². The first-order chi connectivity index (χ1) is 14.8. The third-order valence-electron chi connectivity index (χ3n) is 5.69. The van der Waals surface area contributed by atoms with Crippen LogP contribution >= 0.6 is 11.6 Å². The van der Waals surface area contributed by atoms with Gasteiger partial charge in [0.2, 0.25) is 5.91 Å². The van der Waals surface area contributed by atoms with Crippen LogP contribution in [-0.2, 0) is 11.3 Å². The van der Waals surface area contributed by atoms with Crippen LogP contribution in [0.4, 0.5) is 13.2 Å². The van der Waals surface area contributed by atoms with Crippen molar-refractivity contribution in [3.05, 3.63) is 58.9 Å². The highest BCUT2D eigenvalue weighted by molar-refractivity contribution is 6.33. The highest BCUT2D eigenvalue weighted by atomic mass is 35.5. The number of phenols is 1. The van der Waals surface area contributed by atoms with Gasteiger partial charge in [0.1, 0.15) is 12.4 Å². The van der Waals surface area contributed by atoms with Crippen LogP contribution < -0.4 is 4.74 Å². The zero-order valence-electron chi connectivity index (χ0n) is 16.5. The molecule has 31 heavy (non-hydrogen) atoms. The molecular weight excluding hydrogens is 433 g/mol. The van der Waals surface area contributed by atoms with Crippen molar-refractivity contribution in [3.8, 4) is 22.6 Å². The standard InChI is InChI=1S/C22H20ClF3N2O3/c1-2-17(30)28-7-6-27-9-12-8-14(22(25)26)18(19-15(23)4-3-5-16(19)29)20(24)21(12)31-11-13(27)10-28/h2-5,8,13,22,29H,1,6-7,9-11H2/t13-/m1/s1. The number of hydrogen-bond donors (Lipinski definition) is 1. The molecule has 2 aliphatic heterocycles. The number of piperazine rings is 1. The predicted octanol–water partition coefficient (Wildman–Crippen LogP) is 4.38. The molecule has 2 aliphatic rings. The van der Waals surface area contributed by atoms with Gasteiger partial charge in [-0.15, -0.1) is 0 Å². The minimum atomic E-state index is -2.99. The fourth-order valence-electron chi connectivity index (χ4n) is 4.15. The summed E-state index contributed by atoms with van der Waals surface area (Å²) in [6, 6.07) is 5.08. The fraction of sp³-hybridized carbons (Fsp3) is 0.318. The smallest absolute Gasteiger partial charge is 0.264 e. The highest BCUT2D eigenvalue weighted by Gasteiger charge is 2.35. The number of carbonyl (C=O) groups excluding carboxylic acids is 1. The Bertz CT molecular complexity index is 1030. The molecule has 0 radical (unpaired) electrons. The molecule has 0 unspecified atom stereocenters. The van der Waals surface area contributed by atoms with Crippen LogP contribution in [0.15, 0.2) is 36.9 Å². The summed E-state index contributed by atoms with van der Waals surface area (Å²) >= 11 is 6.12. The number of ether oxygens (including phenoxy) is 1. The molecule has 1 saturated heterocycles. The molecule has 1 atom stereocenters. The van der Waals surface area contributed by atoms with Crippen LogP contribution in [0.3, 0.4) is 0 Å². The van der Waals surface area contributed by atoms with E-state index in [1.54, 1.807) is 4.90 Å². The minimum absolute atomic E-state index is 0.0506. The number of fused-ring (bicyclic) bond motifs is 2. The van der Waals surface area contributed by atoms with Gasteiger partial charge in [-0.2, -0.15) is 0 Å². The number of benzene rings is 2. The SMILES string of the molecule is C=CC(=O)N1CCN2Cc3cc(C(F)F)c(-c4c(O)cccc4Cl)c(F)c3OC[C@H]2C1. The number of carbonyl (C=O) groups is 1. The van der Waals surface area contributed by atoms with E-state index in [9.17, 15) is 18.7 Å². The molecule has 2 aromatic rings. The molecule has 1 amide bonds. The maximum absolute atomic E-state index is 15.6. The minimum Gasteiger partial charge on any atom is -0.507 e. The summed E-state index contributed by atoms with van der Waals surface area (Å²) < 4.78 is 49.2. The summed E-state index contributed by atoms with van der Waals surface area (Å²) in [5.74, 6) is -1.74. The summed E-state index contributed by atoms with van der Waals surface area (Å²) in [7, 11) is 0. The number of hydrogen-bond acceptors (Lipinski definition) is 4. The van der Waals surface area contributed by atoms with E-state index in [-0.39, 0.29) is 47.0 Å². The number of aromatic hydroxyl groups is 1. The van der Waals surface area contributed by atoms with E-state index >= 15 is 4.39 Å². The zero-order chi connectivity index (χ0) is 22.3. The second-order valence-corrected chi connectivity index (χ2v) is 7.91. The number of nitrogens with zero attached hydrogens (tertiary/aromatic N) is 2. The number of phenolic OH excluding ortho intramolecular Hbond substituents is 1. The van der Waals surface area contributed by atoms with E-state index in [0.29, 0.717) is 19.6 Å². The van der Waals surface area contributed by atoms with Crippen molar-refractivity contribution in [2.24, 2.45) is 0 Å². The maximum Gasteiger partial charge on any atom is 0.264 e. The van der Waals surface area contributed by atoms with Gasteiger partial charge in [-0.1, -0.05) is 24.2 Å². The molecule has 1 N–H and O–H groups in total. The van der Waals surface area contributed by atoms with Gasteiger partial charge in [0.05, 0.1) is 11.1 Å². The molecular formula is C22H20ClF3N2O3. The van der Waals surface area contributed by atoms with Crippen LogP contribution in [0, 0.1) is 5.82 Å². The van der Waals surface area contributed by atoms with Crippen molar-refractivity contribution in [2.45, 2.75) is 19.0 Å². The lowest BCUT2D eigenvalue weighted by Gasteiger charge is -2.39. The molecule has 2 heterocycles. The van der Waals surface area contributed by atoms with Crippen molar-refractivity contribution in [2.75, 3.05) is 26.2 Å². The lowest BCUT2D eigenvalue weighted by Crippen LogP contribution is -2.55. The lowest BCUT2D eigenvalue weighted by molar-refractivity contribution is -0.129. The van der Waals surface area contributed by atoms with Crippen molar-refractivity contribution in [1.82, 2.24) is 9.80 Å². The molecule has 1 fully saturated rings. The molecule has 0 spiro atoms. The zero-order valence-corrected chi connectivity index (χ0v) is 17.2. The third kappa shape index (κ3) is 3.85. The molecule has 9 heteroatoms. The van der Waals surface area contributed by atoms with Crippen LogP contribution in [0.25, 0.3) is 11.1 Å². The average molecular weight is 453 g/mol. The Morgan fingerprint density at radius 1 is 1.32 bits per heavy atom. The topological polar surface area (TPSA) is 53.0 Å². The molecule has 2 aromatic carbocycles. The van der Waals surface area contributed by atoms with Gasteiger partial charge in [0, 0.05) is 48.4 Å². The van der Waals surface area contributed by atoms with Crippen molar-refractivity contribution in [1.29, 1.82) is 0 Å². The predicted molar refractivity (Wildman–Crippen MR) is 110 cm³/mol. The quantitative estimate of drug-likeness (QED) is 0.702. The molecule has 0 aliphatic carbocycles. The molecule has 0 aromatic heterocycles. The monoisotopic (exact) mass is 452 g/mol. The van der Waals surface area contributed by atoms with Gasteiger partial charge in [0.25, 0.3) is 6.43 Å². The summed E-state index contributed by atoms with van der Waals surface area (Å²) in [4.78, 5) is 15.6. The first-order valence-electron chi connectivity index (χ1n) is 9.71. The molecule has 0 saturated carbocycles. The molecule has 4 rings (SSSR count). The summed E-state index contributed by atoms with van der Waals surface area (Å²) in [5, 5.41) is 10.2. The summed E-state index contributed by atoms with van der Waals surface area (Å²) in [6.45, 7) is 5.07. The van der Waals surface area contributed by atoms with E-state index in [2.05, 4.69) is 6.58 Å². The van der Waals surface area contributed by atoms with E-state index < -0.39 is 29.1 Å². The first kappa shape index (κ1) is 21.5. The average Bonchev–Trinajstić information content (AvgIpc) is 2.93. The second kappa shape index (κ2) is 8.43.